The number of esters is 4. The molecule has 37 heavy (non-hydrogen) atoms. The van der Waals surface area contributed by atoms with Gasteiger partial charge in [0.1, 0.15) is 18.3 Å². The summed E-state index contributed by atoms with van der Waals surface area (Å²) in [4.78, 5) is 49.7. The molecule has 206 valence electrons. The fourth-order valence-corrected chi connectivity index (χ4v) is 7.02. The van der Waals surface area contributed by atoms with Crippen molar-refractivity contribution in [3.8, 4) is 0 Å². The second-order valence-electron chi connectivity index (χ2n) is 11.3. The Morgan fingerprint density at radius 2 is 1.73 bits per heavy atom. The van der Waals surface area contributed by atoms with Crippen LogP contribution in [0.15, 0.2) is 11.6 Å². The normalized spacial score (nSPS) is 46.1. The van der Waals surface area contributed by atoms with Gasteiger partial charge in [-0.2, -0.15) is 0 Å². The molecule has 3 fully saturated rings. The minimum Gasteiger partial charge on any atom is -0.462 e. The van der Waals surface area contributed by atoms with E-state index in [0.717, 1.165) is 5.57 Å². The second kappa shape index (κ2) is 9.38. The predicted molar refractivity (Wildman–Crippen MR) is 128 cm³/mol. The summed E-state index contributed by atoms with van der Waals surface area (Å²) >= 11 is 0. The summed E-state index contributed by atoms with van der Waals surface area (Å²) < 4.78 is 29.2. The largest absolute Gasteiger partial charge is 0.462 e. The smallest absolute Gasteiger partial charge is 0.342 e. The second-order valence-corrected chi connectivity index (χ2v) is 11.3. The zero-order valence-corrected chi connectivity index (χ0v) is 22.6. The number of fused-ring (bicyclic) bond motifs is 1. The Bertz CT molecular complexity index is 1020. The molecule has 2 aliphatic heterocycles. The van der Waals surface area contributed by atoms with Gasteiger partial charge in [0.15, 0.2) is 17.3 Å². The summed E-state index contributed by atoms with van der Waals surface area (Å²) in [6.45, 7) is 11.4. The van der Waals surface area contributed by atoms with Gasteiger partial charge in [0.05, 0.1) is 6.10 Å². The van der Waals surface area contributed by atoms with E-state index in [4.69, 9.17) is 23.7 Å². The standard InChI is InChI=1S/C27H38O10/c1-8-21(30)35-17-12-19(34-16(5)29)25(6)18(33-15(4)28)10-9-13(2)11-20-27(23(31)22(25)14(17)3)26(7,37-27)24(32)36-20/h11,14,17-20,22-23,31H,8-10,12H2,1-7H3/b13-11-/t14-,17-,18-,19-,20-,22+,23-,25-,26-,27-/m0/s1. The van der Waals surface area contributed by atoms with Gasteiger partial charge in [-0.3, -0.25) is 14.4 Å². The first kappa shape index (κ1) is 27.6. The topological polar surface area (TPSA) is 138 Å². The molecule has 2 saturated heterocycles. The van der Waals surface area contributed by atoms with Gasteiger partial charge < -0.3 is 28.8 Å². The van der Waals surface area contributed by atoms with E-state index in [1.165, 1.54) is 13.8 Å². The van der Waals surface area contributed by atoms with Crippen molar-refractivity contribution in [1.29, 1.82) is 0 Å². The molecule has 10 atom stereocenters. The number of hydrogen-bond acceptors (Lipinski definition) is 10. The van der Waals surface area contributed by atoms with E-state index in [2.05, 4.69) is 0 Å². The third kappa shape index (κ3) is 4.16. The Hall–Kier alpha value is -2.46. The van der Waals surface area contributed by atoms with Gasteiger partial charge in [0.25, 0.3) is 0 Å². The van der Waals surface area contributed by atoms with Crippen LogP contribution in [-0.4, -0.2) is 70.7 Å². The lowest BCUT2D eigenvalue weighted by Crippen LogP contribution is -2.65. The first-order chi connectivity index (χ1) is 17.2. The fourth-order valence-electron chi connectivity index (χ4n) is 7.02. The van der Waals surface area contributed by atoms with Gasteiger partial charge in [-0.05, 0) is 38.7 Å². The van der Waals surface area contributed by atoms with Crippen molar-refractivity contribution in [2.75, 3.05) is 0 Å². The van der Waals surface area contributed by atoms with E-state index in [9.17, 15) is 24.3 Å². The van der Waals surface area contributed by atoms with E-state index in [0.29, 0.717) is 12.8 Å². The lowest BCUT2D eigenvalue weighted by Gasteiger charge is -2.56. The van der Waals surface area contributed by atoms with E-state index in [1.54, 1.807) is 19.9 Å². The number of aliphatic hydroxyl groups is 1. The molecule has 1 N–H and O–H groups in total. The number of hydrogen-bond donors (Lipinski definition) is 1. The van der Waals surface area contributed by atoms with Crippen LogP contribution in [0, 0.1) is 17.3 Å². The highest BCUT2D eigenvalue weighted by Gasteiger charge is 2.86. The monoisotopic (exact) mass is 522 g/mol. The number of allylic oxidation sites excluding steroid dienone is 1. The van der Waals surface area contributed by atoms with Crippen LogP contribution >= 0.6 is 0 Å². The molecule has 1 spiro atoms. The van der Waals surface area contributed by atoms with Gasteiger partial charge in [-0.25, -0.2) is 4.79 Å². The van der Waals surface area contributed by atoms with Crippen molar-refractivity contribution in [2.45, 2.75) is 116 Å². The van der Waals surface area contributed by atoms with E-state index in [-0.39, 0.29) is 12.8 Å². The number of aliphatic hydroxyl groups excluding tert-OH is 1. The zero-order valence-electron chi connectivity index (χ0n) is 22.6. The molecule has 0 aromatic carbocycles. The molecule has 10 heteroatoms. The maximum atomic E-state index is 12.8. The molecule has 1 saturated carbocycles. The summed E-state index contributed by atoms with van der Waals surface area (Å²) in [5, 5.41) is 12.2. The van der Waals surface area contributed by atoms with Gasteiger partial charge in [-0.1, -0.05) is 26.3 Å². The maximum absolute atomic E-state index is 12.8. The van der Waals surface area contributed by atoms with E-state index >= 15 is 0 Å². The first-order valence-corrected chi connectivity index (χ1v) is 13.0. The Balaban J connectivity index is 1.91. The summed E-state index contributed by atoms with van der Waals surface area (Å²) in [5.74, 6) is -3.28. The molecule has 0 aromatic heterocycles. The predicted octanol–water partition coefficient (Wildman–Crippen LogP) is 2.39. The zero-order chi connectivity index (χ0) is 27.5. The minimum atomic E-state index is -1.39. The van der Waals surface area contributed by atoms with E-state index in [1.807, 2.05) is 20.8 Å². The van der Waals surface area contributed by atoms with Crippen LogP contribution in [0.3, 0.4) is 0 Å². The van der Waals surface area contributed by atoms with Crippen molar-refractivity contribution in [3.05, 3.63) is 11.6 Å². The Morgan fingerprint density at radius 1 is 1.11 bits per heavy atom. The summed E-state index contributed by atoms with van der Waals surface area (Å²) in [6.07, 6.45) is -1.43. The number of epoxide rings is 1. The number of carbonyl (C=O) groups is 4. The fraction of sp³-hybridized carbons (Fsp3) is 0.778. The van der Waals surface area contributed by atoms with Crippen LogP contribution < -0.4 is 0 Å². The molecule has 4 rings (SSSR count). The number of rotatable bonds is 4. The highest BCUT2D eigenvalue weighted by atomic mass is 16.7. The van der Waals surface area contributed by atoms with Gasteiger partial charge in [0.2, 0.25) is 0 Å². The average Bonchev–Trinajstić information content (AvgIpc) is 3.40. The third-order valence-electron chi connectivity index (χ3n) is 9.03. The lowest BCUT2D eigenvalue weighted by molar-refractivity contribution is -0.230. The minimum absolute atomic E-state index is 0.154. The van der Waals surface area contributed by atoms with Gasteiger partial charge in [-0.15, -0.1) is 0 Å². The maximum Gasteiger partial charge on any atom is 0.342 e. The number of carbonyl (C=O) groups excluding carboxylic acids is 4. The van der Waals surface area contributed by atoms with Crippen molar-refractivity contribution in [3.63, 3.8) is 0 Å². The summed E-state index contributed by atoms with van der Waals surface area (Å²) in [7, 11) is 0. The molecule has 0 bridgehead atoms. The van der Waals surface area contributed by atoms with Crippen LogP contribution in [0.5, 0.6) is 0 Å². The van der Waals surface area contributed by atoms with Crippen molar-refractivity contribution in [1.82, 2.24) is 0 Å². The molecule has 4 aliphatic rings. The molecule has 0 radical (unpaired) electrons. The molecule has 0 amide bonds. The molecule has 2 heterocycles. The van der Waals surface area contributed by atoms with Crippen molar-refractivity contribution in [2.24, 2.45) is 17.3 Å². The summed E-state index contributed by atoms with van der Waals surface area (Å²) in [5.41, 5.74) is -2.98. The lowest BCUT2D eigenvalue weighted by atomic mass is 9.53. The molecule has 10 nitrogen and oxygen atoms in total. The average molecular weight is 523 g/mol. The van der Waals surface area contributed by atoms with Crippen LogP contribution in [0.1, 0.15) is 74.1 Å². The Labute approximate surface area is 217 Å². The van der Waals surface area contributed by atoms with Gasteiger partial charge >= 0.3 is 23.9 Å². The highest BCUT2D eigenvalue weighted by Crippen LogP contribution is 2.65. The molecule has 0 aromatic rings. The van der Waals surface area contributed by atoms with Crippen molar-refractivity contribution < 1.29 is 48.0 Å². The van der Waals surface area contributed by atoms with Crippen LogP contribution in [0.4, 0.5) is 0 Å². The molecular formula is C27H38O10. The molecule has 2 aliphatic carbocycles. The van der Waals surface area contributed by atoms with Crippen LogP contribution in [-0.2, 0) is 42.9 Å². The summed E-state index contributed by atoms with van der Waals surface area (Å²) in [6, 6.07) is 0. The van der Waals surface area contributed by atoms with Gasteiger partial charge in [0, 0.05) is 38.0 Å². The van der Waals surface area contributed by atoms with Crippen molar-refractivity contribution >= 4 is 23.9 Å². The quantitative estimate of drug-likeness (QED) is 0.253. The highest BCUT2D eigenvalue weighted by molar-refractivity contribution is 5.88. The third-order valence-corrected chi connectivity index (χ3v) is 9.03. The number of ether oxygens (including phenoxy) is 5. The van der Waals surface area contributed by atoms with Crippen LogP contribution in [0.2, 0.25) is 0 Å². The molecule has 0 unspecified atom stereocenters. The van der Waals surface area contributed by atoms with E-state index < -0.39 is 82.8 Å². The van der Waals surface area contributed by atoms with Crippen LogP contribution in [0.25, 0.3) is 0 Å². The molecular weight excluding hydrogens is 484 g/mol. The Morgan fingerprint density at radius 3 is 2.30 bits per heavy atom. The first-order valence-electron chi connectivity index (χ1n) is 13.0. The SMILES string of the molecule is CCC(=O)O[C@H]1C[C@H](OC(C)=O)[C@@]2(C)[C@H]([C@H]1C)[C@H](O)[C@]13O[C@@]1(C)C(=O)O[C@H]3/C=C(/C)CC[C@@H]2OC(C)=O. The Kier molecular flexibility index (Phi) is 6.99.